The third kappa shape index (κ3) is 4.20. The first-order valence-corrected chi connectivity index (χ1v) is 4.59. The fraction of sp³-hybridized carbons (Fsp3) is 0.300. The Bertz CT molecular complexity index is 351. The van der Waals surface area contributed by atoms with Crippen LogP contribution in [-0.2, 0) is 0 Å². The lowest BCUT2D eigenvalue weighted by atomic mass is 10.1. The normalized spacial score (nSPS) is 13.0. The molecule has 1 aromatic rings. The third-order valence-corrected chi connectivity index (χ3v) is 1.90. The first-order valence-electron chi connectivity index (χ1n) is 4.59. The molecule has 3 nitrogen and oxygen atoms in total. The van der Waals surface area contributed by atoms with Gasteiger partial charge in [0.25, 0.3) is 0 Å². The summed E-state index contributed by atoms with van der Waals surface area (Å²) >= 11 is 0. The monoisotopic (exact) mass is 232 g/mol. The van der Waals surface area contributed by atoms with Crippen LogP contribution in [0, 0.1) is 0 Å². The SMILES string of the molecule is CC(NC(=O)NC(F)(F)F)c1ccccc1. The van der Waals surface area contributed by atoms with Crippen molar-refractivity contribution in [2.24, 2.45) is 0 Å². The van der Waals surface area contributed by atoms with Crippen molar-refractivity contribution < 1.29 is 18.0 Å². The van der Waals surface area contributed by atoms with Crippen LogP contribution in [0.15, 0.2) is 30.3 Å². The smallest absolute Gasteiger partial charge is 0.331 e. The number of hydrogen-bond donors (Lipinski definition) is 2. The van der Waals surface area contributed by atoms with Crippen molar-refractivity contribution >= 4 is 6.03 Å². The van der Waals surface area contributed by atoms with Gasteiger partial charge in [0.1, 0.15) is 0 Å². The van der Waals surface area contributed by atoms with E-state index in [9.17, 15) is 18.0 Å². The number of halogens is 3. The molecule has 0 aliphatic rings. The van der Waals surface area contributed by atoms with Gasteiger partial charge in [-0.05, 0) is 12.5 Å². The zero-order valence-electron chi connectivity index (χ0n) is 8.51. The molecule has 0 aromatic heterocycles. The lowest BCUT2D eigenvalue weighted by molar-refractivity contribution is -0.145. The molecule has 0 saturated carbocycles. The molecule has 2 N–H and O–H groups in total. The summed E-state index contributed by atoms with van der Waals surface area (Å²) in [5.74, 6) is 0. The molecule has 2 amide bonds. The summed E-state index contributed by atoms with van der Waals surface area (Å²) in [5.41, 5.74) is 0.736. The Labute approximate surface area is 90.6 Å². The minimum Gasteiger partial charge on any atom is -0.331 e. The highest BCUT2D eigenvalue weighted by Gasteiger charge is 2.30. The summed E-state index contributed by atoms with van der Waals surface area (Å²) in [5, 5.41) is 3.05. The molecule has 1 atom stereocenters. The summed E-state index contributed by atoms with van der Waals surface area (Å²) < 4.78 is 35.4. The Morgan fingerprint density at radius 1 is 1.25 bits per heavy atom. The van der Waals surface area contributed by atoms with Crippen LogP contribution >= 0.6 is 0 Å². The largest absolute Gasteiger partial charge is 0.485 e. The lowest BCUT2D eigenvalue weighted by Crippen LogP contribution is -2.44. The molecule has 0 bridgehead atoms. The first-order chi connectivity index (χ1) is 7.38. The molecule has 1 unspecified atom stereocenters. The maximum atomic E-state index is 11.8. The van der Waals surface area contributed by atoms with Gasteiger partial charge >= 0.3 is 12.3 Å². The van der Waals surface area contributed by atoms with Crippen LogP contribution in [0.1, 0.15) is 18.5 Å². The molecular weight excluding hydrogens is 221 g/mol. The predicted molar refractivity (Wildman–Crippen MR) is 52.6 cm³/mol. The molecule has 0 saturated heterocycles. The number of rotatable bonds is 2. The van der Waals surface area contributed by atoms with Crippen molar-refractivity contribution in [3.8, 4) is 0 Å². The summed E-state index contributed by atoms with van der Waals surface area (Å²) in [6, 6.07) is 6.97. The number of urea groups is 1. The Morgan fingerprint density at radius 2 is 1.81 bits per heavy atom. The minimum absolute atomic E-state index is 0.483. The minimum atomic E-state index is -4.71. The lowest BCUT2D eigenvalue weighted by Gasteiger charge is -2.15. The van der Waals surface area contributed by atoms with E-state index in [0.717, 1.165) is 10.9 Å². The van der Waals surface area contributed by atoms with Crippen molar-refractivity contribution in [2.75, 3.05) is 0 Å². The molecule has 16 heavy (non-hydrogen) atoms. The second-order valence-electron chi connectivity index (χ2n) is 3.23. The van der Waals surface area contributed by atoms with Crippen molar-refractivity contribution in [2.45, 2.75) is 19.3 Å². The summed E-state index contributed by atoms with van der Waals surface area (Å²) in [4.78, 5) is 10.9. The number of benzene rings is 1. The van der Waals surface area contributed by atoms with Gasteiger partial charge in [-0.1, -0.05) is 30.3 Å². The zero-order valence-corrected chi connectivity index (χ0v) is 8.51. The predicted octanol–water partition coefficient (Wildman–Crippen LogP) is 2.57. The van der Waals surface area contributed by atoms with E-state index in [2.05, 4.69) is 5.32 Å². The summed E-state index contributed by atoms with van der Waals surface area (Å²) in [6.45, 7) is 1.60. The quantitative estimate of drug-likeness (QED) is 0.756. The Morgan fingerprint density at radius 3 is 2.31 bits per heavy atom. The third-order valence-electron chi connectivity index (χ3n) is 1.90. The molecule has 0 spiro atoms. The summed E-state index contributed by atoms with van der Waals surface area (Å²) in [6.07, 6.45) is -4.71. The fourth-order valence-electron chi connectivity index (χ4n) is 1.19. The topological polar surface area (TPSA) is 41.1 Å². The highest BCUT2D eigenvalue weighted by molar-refractivity contribution is 5.74. The van der Waals surface area contributed by atoms with Gasteiger partial charge in [-0.15, -0.1) is 0 Å². The average Bonchev–Trinajstić information content (AvgIpc) is 2.16. The van der Waals surface area contributed by atoms with Crippen LogP contribution in [0.5, 0.6) is 0 Å². The second-order valence-corrected chi connectivity index (χ2v) is 3.23. The van der Waals surface area contributed by atoms with E-state index in [-0.39, 0.29) is 0 Å². The van der Waals surface area contributed by atoms with Crippen molar-refractivity contribution in [1.29, 1.82) is 0 Å². The second kappa shape index (κ2) is 4.87. The maximum Gasteiger partial charge on any atom is 0.485 e. The van der Waals surface area contributed by atoms with E-state index >= 15 is 0 Å². The molecule has 0 radical (unpaired) electrons. The van der Waals surface area contributed by atoms with Gasteiger partial charge in [-0.2, -0.15) is 13.2 Å². The highest BCUT2D eigenvalue weighted by atomic mass is 19.4. The molecule has 1 rings (SSSR count). The molecule has 6 heteroatoms. The van der Waals surface area contributed by atoms with Crippen molar-refractivity contribution in [3.05, 3.63) is 35.9 Å². The van der Waals surface area contributed by atoms with Crippen molar-refractivity contribution in [3.63, 3.8) is 0 Å². The van der Waals surface area contributed by atoms with Crippen LogP contribution < -0.4 is 10.6 Å². The van der Waals surface area contributed by atoms with E-state index in [1.165, 1.54) is 0 Å². The first kappa shape index (κ1) is 12.4. The van der Waals surface area contributed by atoms with E-state index in [1.807, 2.05) is 0 Å². The Balaban J connectivity index is 2.52. The van der Waals surface area contributed by atoms with Crippen LogP contribution in [-0.4, -0.2) is 12.3 Å². The van der Waals surface area contributed by atoms with Crippen LogP contribution in [0.4, 0.5) is 18.0 Å². The van der Waals surface area contributed by atoms with Gasteiger partial charge in [-0.3, -0.25) is 0 Å². The Hall–Kier alpha value is -1.72. The number of nitrogens with one attached hydrogen (secondary N) is 2. The number of alkyl halides is 3. The van der Waals surface area contributed by atoms with Gasteiger partial charge in [0, 0.05) is 0 Å². The fourth-order valence-corrected chi connectivity index (χ4v) is 1.19. The number of hydrogen-bond acceptors (Lipinski definition) is 1. The Kier molecular flexibility index (Phi) is 3.76. The maximum absolute atomic E-state index is 11.8. The van der Waals surface area contributed by atoms with Crippen LogP contribution in [0.3, 0.4) is 0 Å². The molecule has 0 fully saturated rings. The average molecular weight is 232 g/mol. The molecule has 88 valence electrons. The molecule has 0 aliphatic heterocycles. The standard InChI is InChI=1S/C10H11F3N2O/c1-7(8-5-3-2-4-6-8)14-9(16)15-10(11,12)13/h2-7H,1H3,(H2,14,15,16). The van der Waals surface area contributed by atoms with Gasteiger partial charge in [0.2, 0.25) is 0 Å². The van der Waals surface area contributed by atoms with Gasteiger partial charge < -0.3 is 5.32 Å². The molecule has 0 heterocycles. The molecule has 1 aromatic carbocycles. The summed E-state index contributed by atoms with van der Waals surface area (Å²) in [7, 11) is 0. The van der Waals surface area contributed by atoms with E-state index in [0.29, 0.717) is 0 Å². The van der Waals surface area contributed by atoms with Crippen molar-refractivity contribution in [1.82, 2.24) is 10.6 Å². The van der Waals surface area contributed by atoms with Crippen LogP contribution in [0.2, 0.25) is 0 Å². The number of carbonyl (C=O) groups excluding carboxylic acids is 1. The van der Waals surface area contributed by atoms with Gasteiger partial charge in [-0.25, -0.2) is 10.1 Å². The van der Waals surface area contributed by atoms with Gasteiger partial charge in [0.05, 0.1) is 6.04 Å². The van der Waals surface area contributed by atoms with E-state index in [1.54, 1.807) is 37.3 Å². The molecular formula is C10H11F3N2O. The van der Waals surface area contributed by atoms with Crippen LogP contribution in [0.25, 0.3) is 0 Å². The number of amides is 2. The zero-order chi connectivity index (χ0) is 12.2. The molecule has 0 aliphatic carbocycles. The number of carbonyl (C=O) groups is 1. The highest BCUT2D eigenvalue weighted by Crippen LogP contribution is 2.12. The van der Waals surface area contributed by atoms with E-state index in [4.69, 9.17) is 0 Å². The van der Waals surface area contributed by atoms with E-state index < -0.39 is 18.4 Å². The van der Waals surface area contributed by atoms with Gasteiger partial charge in [0.15, 0.2) is 0 Å².